The number of amides is 1. The van der Waals surface area contributed by atoms with Crippen molar-refractivity contribution in [2.24, 2.45) is 5.92 Å². The Balaban J connectivity index is 1.36. The van der Waals surface area contributed by atoms with Gasteiger partial charge in [-0.3, -0.25) is 4.79 Å². The van der Waals surface area contributed by atoms with Crippen LogP contribution in [0.5, 0.6) is 0 Å². The third-order valence-electron chi connectivity index (χ3n) is 6.20. The molecular weight excluding hydrogens is 388 g/mol. The van der Waals surface area contributed by atoms with Crippen LogP contribution in [0.2, 0.25) is 5.02 Å². The second-order valence-corrected chi connectivity index (χ2v) is 8.93. The number of likely N-dealkylation sites (tertiary alicyclic amines) is 2. The molecule has 2 unspecified atom stereocenters. The van der Waals surface area contributed by atoms with Crippen LogP contribution in [0.1, 0.15) is 57.1 Å². The molecule has 1 aromatic carbocycles. The standard InChI is InChI=1S/C23H35ClN2O3/c1-18(19-6-8-21(24)9-7-19)29-17-22(27)16-25-14-10-20(11-15-25)23(28)26-12-4-2-3-5-13-26/h6-9,18,20,22,27H,2-5,10-17H2,1H3. The first-order valence-corrected chi connectivity index (χ1v) is 11.5. The highest BCUT2D eigenvalue weighted by atomic mass is 35.5. The lowest BCUT2D eigenvalue weighted by molar-refractivity contribution is -0.137. The van der Waals surface area contributed by atoms with Gasteiger partial charge in [0.05, 0.1) is 18.8 Å². The van der Waals surface area contributed by atoms with E-state index in [0.29, 0.717) is 24.1 Å². The van der Waals surface area contributed by atoms with E-state index in [1.54, 1.807) is 0 Å². The predicted octanol–water partition coefficient (Wildman–Crippen LogP) is 3.89. The lowest BCUT2D eigenvalue weighted by Crippen LogP contribution is -2.45. The number of carbonyl (C=O) groups is 1. The monoisotopic (exact) mass is 422 g/mol. The van der Waals surface area contributed by atoms with E-state index in [4.69, 9.17) is 16.3 Å². The van der Waals surface area contributed by atoms with Crippen molar-refractivity contribution in [1.29, 1.82) is 0 Å². The first kappa shape index (κ1) is 22.5. The van der Waals surface area contributed by atoms with Crippen molar-refractivity contribution >= 4 is 17.5 Å². The number of hydrogen-bond donors (Lipinski definition) is 1. The fraction of sp³-hybridized carbons (Fsp3) is 0.696. The molecule has 0 bridgehead atoms. The SMILES string of the molecule is CC(OCC(O)CN1CCC(C(=O)N2CCCCCC2)CC1)c1ccc(Cl)cc1. The number of aliphatic hydroxyl groups is 1. The predicted molar refractivity (Wildman–Crippen MR) is 116 cm³/mol. The molecule has 1 N–H and O–H groups in total. The summed E-state index contributed by atoms with van der Waals surface area (Å²) >= 11 is 5.92. The second kappa shape index (κ2) is 11.3. The molecule has 0 spiro atoms. The minimum Gasteiger partial charge on any atom is -0.389 e. The van der Waals surface area contributed by atoms with Crippen molar-refractivity contribution in [3.05, 3.63) is 34.9 Å². The molecule has 0 saturated carbocycles. The molecule has 1 aromatic rings. The van der Waals surface area contributed by atoms with Gasteiger partial charge in [0.1, 0.15) is 0 Å². The van der Waals surface area contributed by atoms with E-state index in [-0.39, 0.29) is 12.0 Å². The summed E-state index contributed by atoms with van der Waals surface area (Å²) in [5.74, 6) is 0.509. The van der Waals surface area contributed by atoms with Crippen LogP contribution in [0.25, 0.3) is 0 Å². The Kier molecular flexibility index (Phi) is 8.79. The highest BCUT2D eigenvalue weighted by molar-refractivity contribution is 6.30. The lowest BCUT2D eigenvalue weighted by atomic mass is 9.95. The van der Waals surface area contributed by atoms with Gasteiger partial charge in [-0.1, -0.05) is 36.6 Å². The van der Waals surface area contributed by atoms with E-state index in [2.05, 4.69) is 9.80 Å². The number of piperidine rings is 1. The Morgan fingerprint density at radius 2 is 1.72 bits per heavy atom. The molecule has 6 heteroatoms. The fourth-order valence-corrected chi connectivity index (χ4v) is 4.47. The Morgan fingerprint density at radius 1 is 1.10 bits per heavy atom. The summed E-state index contributed by atoms with van der Waals surface area (Å²) in [6.45, 7) is 6.48. The maximum atomic E-state index is 12.8. The Hall–Kier alpha value is -1.14. The van der Waals surface area contributed by atoms with Crippen LogP contribution >= 0.6 is 11.6 Å². The molecule has 2 aliphatic heterocycles. The van der Waals surface area contributed by atoms with E-state index < -0.39 is 6.10 Å². The zero-order chi connectivity index (χ0) is 20.6. The molecule has 0 aliphatic carbocycles. The molecule has 2 heterocycles. The van der Waals surface area contributed by atoms with Crippen LogP contribution < -0.4 is 0 Å². The molecule has 0 aromatic heterocycles. The van der Waals surface area contributed by atoms with Gasteiger partial charge in [0.15, 0.2) is 0 Å². The average Bonchev–Trinajstić information content (AvgIpc) is 3.02. The molecule has 5 nitrogen and oxygen atoms in total. The Morgan fingerprint density at radius 3 is 2.34 bits per heavy atom. The van der Waals surface area contributed by atoms with Crippen molar-refractivity contribution in [3.8, 4) is 0 Å². The molecule has 1 amide bonds. The molecule has 29 heavy (non-hydrogen) atoms. The first-order valence-electron chi connectivity index (χ1n) is 11.1. The van der Waals surface area contributed by atoms with Gasteiger partial charge in [-0.05, 0) is 63.4 Å². The van der Waals surface area contributed by atoms with Gasteiger partial charge in [-0.25, -0.2) is 0 Å². The number of halogens is 1. The summed E-state index contributed by atoms with van der Waals surface area (Å²) in [6, 6.07) is 7.60. The first-order chi connectivity index (χ1) is 14.0. The summed E-state index contributed by atoms with van der Waals surface area (Å²) in [7, 11) is 0. The number of ether oxygens (including phenoxy) is 1. The van der Waals surface area contributed by atoms with E-state index in [1.807, 2.05) is 31.2 Å². The summed E-state index contributed by atoms with van der Waals surface area (Å²) in [5.41, 5.74) is 1.05. The second-order valence-electron chi connectivity index (χ2n) is 8.50. The number of nitrogens with zero attached hydrogens (tertiary/aromatic N) is 2. The van der Waals surface area contributed by atoms with E-state index in [9.17, 15) is 9.90 Å². The molecule has 0 radical (unpaired) electrons. The summed E-state index contributed by atoms with van der Waals surface area (Å²) in [6.07, 6.45) is 5.96. The van der Waals surface area contributed by atoms with Crippen LogP contribution in [-0.4, -0.2) is 66.2 Å². The average molecular weight is 423 g/mol. The van der Waals surface area contributed by atoms with Crippen LogP contribution in [0.4, 0.5) is 0 Å². The summed E-state index contributed by atoms with van der Waals surface area (Å²) in [5, 5.41) is 11.1. The van der Waals surface area contributed by atoms with Crippen LogP contribution in [-0.2, 0) is 9.53 Å². The summed E-state index contributed by atoms with van der Waals surface area (Å²) in [4.78, 5) is 17.1. The van der Waals surface area contributed by atoms with E-state index in [1.165, 1.54) is 12.8 Å². The normalized spacial score (nSPS) is 21.6. The minimum absolute atomic E-state index is 0.0844. The van der Waals surface area contributed by atoms with Crippen LogP contribution in [0.3, 0.4) is 0 Å². The third-order valence-corrected chi connectivity index (χ3v) is 6.45. The molecule has 3 rings (SSSR count). The Labute approximate surface area is 180 Å². The maximum Gasteiger partial charge on any atom is 0.225 e. The zero-order valence-corrected chi connectivity index (χ0v) is 18.3. The minimum atomic E-state index is -0.525. The molecular formula is C23H35ClN2O3. The molecule has 2 atom stereocenters. The van der Waals surface area contributed by atoms with Gasteiger partial charge in [-0.2, -0.15) is 0 Å². The number of carbonyl (C=O) groups excluding carboxylic acids is 1. The molecule has 162 valence electrons. The maximum absolute atomic E-state index is 12.8. The fourth-order valence-electron chi connectivity index (χ4n) is 4.35. The van der Waals surface area contributed by atoms with Crippen molar-refractivity contribution in [2.45, 2.75) is 57.7 Å². The topological polar surface area (TPSA) is 53.0 Å². The van der Waals surface area contributed by atoms with Crippen molar-refractivity contribution < 1.29 is 14.6 Å². The Bertz CT molecular complexity index is 624. The van der Waals surface area contributed by atoms with E-state index >= 15 is 0 Å². The number of benzene rings is 1. The van der Waals surface area contributed by atoms with Gasteiger partial charge >= 0.3 is 0 Å². The van der Waals surface area contributed by atoms with Gasteiger partial charge < -0.3 is 19.6 Å². The van der Waals surface area contributed by atoms with Crippen LogP contribution in [0.15, 0.2) is 24.3 Å². The zero-order valence-electron chi connectivity index (χ0n) is 17.6. The highest BCUT2D eigenvalue weighted by Gasteiger charge is 2.29. The van der Waals surface area contributed by atoms with Crippen molar-refractivity contribution in [1.82, 2.24) is 9.80 Å². The van der Waals surface area contributed by atoms with E-state index in [0.717, 1.165) is 57.4 Å². The highest BCUT2D eigenvalue weighted by Crippen LogP contribution is 2.23. The number of hydrogen-bond acceptors (Lipinski definition) is 4. The lowest BCUT2D eigenvalue weighted by Gasteiger charge is -2.35. The molecule has 2 fully saturated rings. The summed E-state index contributed by atoms with van der Waals surface area (Å²) < 4.78 is 5.84. The van der Waals surface area contributed by atoms with Crippen molar-refractivity contribution in [2.75, 3.05) is 39.3 Å². The number of β-amino-alcohol motifs (C(OH)–C–C–N with tert-alkyl or cyclic N) is 1. The third kappa shape index (κ3) is 6.95. The largest absolute Gasteiger partial charge is 0.389 e. The molecule has 2 saturated heterocycles. The number of aliphatic hydroxyl groups excluding tert-OH is 1. The van der Waals surface area contributed by atoms with Gasteiger partial charge in [0.25, 0.3) is 0 Å². The van der Waals surface area contributed by atoms with Gasteiger partial charge in [0, 0.05) is 30.6 Å². The smallest absolute Gasteiger partial charge is 0.225 e. The number of rotatable bonds is 7. The quantitative estimate of drug-likeness (QED) is 0.724. The van der Waals surface area contributed by atoms with Gasteiger partial charge in [0.2, 0.25) is 5.91 Å². The molecule has 2 aliphatic rings. The van der Waals surface area contributed by atoms with Crippen molar-refractivity contribution in [3.63, 3.8) is 0 Å². The van der Waals surface area contributed by atoms with Crippen LogP contribution in [0, 0.1) is 5.92 Å². The van der Waals surface area contributed by atoms with Gasteiger partial charge in [-0.15, -0.1) is 0 Å².